The molecule has 0 saturated heterocycles. The molecule has 0 amide bonds. The van der Waals surface area contributed by atoms with Gasteiger partial charge in [-0.3, -0.25) is 4.98 Å². The van der Waals surface area contributed by atoms with Gasteiger partial charge in [-0.1, -0.05) is 17.3 Å². The van der Waals surface area contributed by atoms with Crippen molar-refractivity contribution in [2.75, 3.05) is 12.8 Å². The first-order valence-electron chi connectivity index (χ1n) is 5.96. The van der Waals surface area contributed by atoms with E-state index in [4.69, 9.17) is 15.0 Å². The number of aromatic nitrogens is 3. The first-order chi connectivity index (χ1) is 9.78. The molecule has 0 aliphatic rings. The van der Waals surface area contributed by atoms with Crippen molar-refractivity contribution in [3.8, 4) is 28.6 Å². The van der Waals surface area contributed by atoms with Crippen molar-refractivity contribution in [3.63, 3.8) is 0 Å². The molecular formula is C14H12N4O2. The molecule has 6 heteroatoms. The summed E-state index contributed by atoms with van der Waals surface area (Å²) in [6.45, 7) is 0. The lowest BCUT2D eigenvalue weighted by molar-refractivity contribution is 0.404. The summed E-state index contributed by atoms with van der Waals surface area (Å²) in [6, 6.07) is 9.06. The van der Waals surface area contributed by atoms with Gasteiger partial charge in [0.15, 0.2) is 0 Å². The Hall–Kier alpha value is -2.89. The third-order valence-corrected chi connectivity index (χ3v) is 2.81. The third-order valence-electron chi connectivity index (χ3n) is 2.81. The summed E-state index contributed by atoms with van der Waals surface area (Å²) in [5, 5.41) is 3.96. The zero-order chi connectivity index (χ0) is 13.9. The summed E-state index contributed by atoms with van der Waals surface area (Å²) < 4.78 is 10.5. The van der Waals surface area contributed by atoms with Gasteiger partial charge >= 0.3 is 0 Å². The molecule has 0 unspecified atom stereocenters. The minimum atomic E-state index is 0.377. The number of nitrogens with zero attached hydrogens (tertiary/aromatic N) is 3. The maximum Gasteiger partial charge on any atom is 0.262 e. The zero-order valence-corrected chi connectivity index (χ0v) is 10.8. The number of nitrogens with two attached hydrogens (primary N) is 1. The highest BCUT2D eigenvalue weighted by Gasteiger charge is 2.14. The molecule has 3 aromatic rings. The number of nitrogen functional groups attached to an aromatic ring is 1. The summed E-state index contributed by atoms with van der Waals surface area (Å²) >= 11 is 0. The molecule has 0 spiro atoms. The Labute approximate surface area is 115 Å². The molecule has 0 fully saturated rings. The minimum absolute atomic E-state index is 0.377. The second-order valence-electron chi connectivity index (χ2n) is 4.12. The van der Waals surface area contributed by atoms with Crippen molar-refractivity contribution in [1.82, 2.24) is 15.1 Å². The third kappa shape index (κ3) is 2.18. The van der Waals surface area contributed by atoms with Gasteiger partial charge < -0.3 is 15.0 Å². The maximum absolute atomic E-state index is 5.75. The molecular weight excluding hydrogens is 256 g/mol. The normalized spacial score (nSPS) is 10.4. The second-order valence-corrected chi connectivity index (χ2v) is 4.12. The van der Waals surface area contributed by atoms with Crippen LogP contribution in [0.25, 0.3) is 22.8 Å². The van der Waals surface area contributed by atoms with Gasteiger partial charge in [0.05, 0.1) is 18.9 Å². The molecule has 0 bridgehead atoms. The highest BCUT2D eigenvalue weighted by molar-refractivity contribution is 5.66. The molecule has 100 valence electrons. The summed E-state index contributed by atoms with van der Waals surface area (Å²) in [5.41, 5.74) is 7.89. The molecule has 20 heavy (non-hydrogen) atoms. The van der Waals surface area contributed by atoms with E-state index in [2.05, 4.69) is 15.1 Å². The van der Waals surface area contributed by atoms with Crippen LogP contribution in [0.4, 0.5) is 5.69 Å². The Morgan fingerprint density at radius 3 is 2.95 bits per heavy atom. The number of ether oxygens (including phenoxy) is 1. The zero-order valence-electron chi connectivity index (χ0n) is 10.8. The predicted molar refractivity (Wildman–Crippen MR) is 73.9 cm³/mol. The smallest absolute Gasteiger partial charge is 0.262 e. The Balaban J connectivity index is 2.02. The fourth-order valence-corrected chi connectivity index (χ4v) is 1.85. The monoisotopic (exact) mass is 268 g/mol. The molecule has 2 N–H and O–H groups in total. The lowest BCUT2D eigenvalue weighted by Crippen LogP contribution is -1.89. The minimum Gasteiger partial charge on any atom is -0.494 e. The number of hydrogen-bond donors (Lipinski definition) is 1. The highest BCUT2D eigenvalue weighted by Crippen LogP contribution is 2.29. The number of anilines is 1. The Kier molecular flexibility index (Phi) is 3.04. The molecule has 0 aliphatic heterocycles. The number of benzene rings is 1. The van der Waals surface area contributed by atoms with Crippen molar-refractivity contribution in [2.45, 2.75) is 0 Å². The molecule has 1 aromatic carbocycles. The van der Waals surface area contributed by atoms with Crippen LogP contribution in [0.3, 0.4) is 0 Å². The second kappa shape index (κ2) is 5.00. The molecule has 3 rings (SSSR count). The van der Waals surface area contributed by atoms with E-state index in [-0.39, 0.29) is 0 Å². The number of pyridine rings is 1. The van der Waals surface area contributed by atoms with Crippen LogP contribution in [0.2, 0.25) is 0 Å². The standard InChI is InChI=1S/C14H12N4O2/c1-19-12-8-16-6-5-11(12)14-17-13(18-20-14)9-3-2-4-10(15)7-9/h2-8H,15H2,1H3. The Bertz CT molecular complexity index is 739. The summed E-state index contributed by atoms with van der Waals surface area (Å²) in [5.74, 6) is 1.43. The fourth-order valence-electron chi connectivity index (χ4n) is 1.85. The lowest BCUT2D eigenvalue weighted by atomic mass is 10.2. The van der Waals surface area contributed by atoms with E-state index >= 15 is 0 Å². The average molecular weight is 268 g/mol. The summed E-state index contributed by atoms with van der Waals surface area (Å²) in [7, 11) is 1.57. The van der Waals surface area contributed by atoms with Crippen molar-refractivity contribution < 1.29 is 9.26 Å². The van der Waals surface area contributed by atoms with E-state index in [1.807, 2.05) is 12.1 Å². The number of hydrogen-bond acceptors (Lipinski definition) is 6. The SMILES string of the molecule is COc1cnccc1-c1nc(-c2cccc(N)c2)no1. The van der Waals surface area contributed by atoms with E-state index in [0.29, 0.717) is 28.7 Å². The Morgan fingerprint density at radius 1 is 1.25 bits per heavy atom. The molecule has 0 aliphatic carbocycles. The Morgan fingerprint density at radius 2 is 2.15 bits per heavy atom. The van der Waals surface area contributed by atoms with Crippen molar-refractivity contribution >= 4 is 5.69 Å². The number of methoxy groups -OCH3 is 1. The van der Waals surface area contributed by atoms with Crippen LogP contribution in [0.15, 0.2) is 47.2 Å². The molecule has 0 atom stereocenters. The van der Waals surface area contributed by atoms with Gasteiger partial charge in [0, 0.05) is 17.4 Å². The van der Waals surface area contributed by atoms with Crippen molar-refractivity contribution in [2.24, 2.45) is 0 Å². The van der Waals surface area contributed by atoms with Crippen LogP contribution in [0.5, 0.6) is 5.75 Å². The van der Waals surface area contributed by atoms with Gasteiger partial charge in [0.25, 0.3) is 5.89 Å². The first-order valence-corrected chi connectivity index (χ1v) is 5.96. The van der Waals surface area contributed by atoms with E-state index in [1.54, 1.807) is 37.7 Å². The average Bonchev–Trinajstić information content (AvgIpc) is 2.97. The molecule has 6 nitrogen and oxygen atoms in total. The summed E-state index contributed by atoms with van der Waals surface area (Å²) in [4.78, 5) is 8.35. The highest BCUT2D eigenvalue weighted by atomic mass is 16.5. The summed E-state index contributed by atoms with van der Waals surface area (Å²) in [6.07, 6.45) is 3.24. The number of rotatable bonds is 3. The van der Waals surface area contributed by atoms with Crippen LogP contribution in [-0.4, -0.2) is 22.2 Å². The van der Waals surface area contributed by atoms with E-state index in [1.165, 1.54) is 0 Å². The van der Waals surface area contributed by atoms with Crippen LogP contribution < -0.4 is 10.5 Å². The first kappa shape index (κ1) is 12.2. The quantitative estimate of drug-likeness (QED) is 0.734. The van der Waals surface area contributed by atoms with Gasteiger partial charge in [-0.2, -0.15) is 4.98 Å². The van der Waals surface area contributed by atoms with Crippen molar-refractivity contribution in [1.29, 1.82) is 0 Å². The van der Waals surface area contributed by atoms with Gasteiger partial charge in [-0.05, 0) is 18.2 Å². The molecule has 0 radical (unpaired) electrons. The maximum atomic E-state index is 5.75. The van der Waals surface area contributed by atoms with E-state index in [9.17, 15) is 0 Å². The van der Waals surface area contributed by atoms with Gasteiger partial charge in [0.1, 0.15) is 5.75 Å². The van der Waals surface area contributed by atoms with Gasteiger partial charge in [0.2, 0.25) is 5.82 Å². The van der Waals surface area contributed by atoms with E-state index < -0.39 is 0 Å². The molecule has 2 aromatic heterocycles. The van der Waals surface area contributed by atoms with Crippen LogP contribution in [0.1, 0.15) is 0 Å². The van der Waals surface area contributed by atoms with E-state index in [0.717, 1.165) is 5.56 Å². The lowest BCUT2D eigenvalue weighted by Gasteiger charge is -2.02. The topological polar surface area (TPSA) is 87.1 Å². The van der Waals surface area contributed by atoms with Gasteiger partial charge in [-0.15, -0.1) is 0 Å². The molecule has 2 heterocycles. The van der Waals surface area contributed by atoms with Gasteiger partial charge in [-0.25, -0.2) is 0 Å². The molecule has 0 saturated carbocycles. The predicted octanol–water partition coefficient (Wildman–Crippen LogP) is 2.39. The van der Waals surface area contributed by atoms with Crippen molar-refractivity contribution in [3.05, 3.63) is 42.7 Å². The largest absolute Gasteiger partial charge is 0.494 e. The fraction of sp³-hybridized carbons (Fsp3) is 0.0714. The van der Waals surface area contributed by atoms with Crippen LogP contribution >= 0.6 is 0 Å². The van der Waals surface area contributed by atoms with Crippen LogP contribution in [0, 0.1) is 0 Å². The van der Waals surface area contributed by atoms with Crippen LogP contribution in [-0.2, 0) is 0 Å².